The standard InChI is InChI=1S/C15H25NO2S/c1-11(19-10-12-5-7-17-8-6-12)14-16-9-13(18-14)15(2,3)4/h9,11-12H,5-8,10H2,1-4H3. The topological polar surface area (TPSA) is 35.3 Å². The molecule has 19 heavy (non-hydrogen) atoms. The smallest absolute Gasteiger partial charge is 0.207 e. The highest BCUT2D eigenvalue weighted by Crippen LogP contribution is 2.33. The van der Waals surface area contributed by atoms with Crippen molar-refractivity contribution in [3.8, 4) is 0 Å². The van der Waals surface area contributed by atoms with Crippen molar-refractivity contribution in [1.82, 2.24) is 4.98 Å². The molecule has 1 aromatic rings. The number of nitrogens with zero attached hydrogens (tertiary/aromatic N) is 1. The summed E-state index contributed by atoms with van der Waals surface area (Å²) in [6, 6.07) is 0. The SMILES string of the molecule is CC(SCC1CCOCC1)c1ncc(C(C)(C)C)o1. The minimum atomic E-state index is 0.0380. The molecule has 4 heteroatoms. The Hall–Kier alpha value is -0.480. The zero-order valence-corrected chi connectivity index (χ0v) is 13.3. The van der Waals surface area contributed by atoms with E-state index in [1.165, 1.54) is 18.6 Å². The van der Waals surface area contributed by atoms with Gasteiger partial charge in [-0.2, -0.15) is 0 Å². The molecule has 0 spiro atoms. The zero-order chi connectivity index (χ0) is 13.9. The number of hydrogen-bond acceptors (Lipinski definition) is 4. The highest BCUT2D eigenvalue weighted by atomic mass is 32.2. The highest BCUT2D eigenvalue weighted by molar-refractivity contribution is 7.99. The Morgan fingerprint density at radius 3 is 2.63 bits per heavy atom. The van der Waals surface area contributed by atoms with Gasteiger partial charge in [-0.3, -0.25) is 0 Å². The van der Waals surface area contributed by atoms with E-state index in [-0.39, 0.29) is 5.41 Å². The minimum absolute atomic E-state index is 0.0380. The molecule has 0 radical (unpaired) electrons. The molecule has 1 aromatic heterocycles. The summed E-state index contributed by atoms with van der Waals surface area (Å²) in [5, 5.41) is 0.332. The molecule has 3 nitrogen and oxygen atoms in total. The average molecular weight is 283 g/mol. The number of thioether (sulfide) groups is 1. The first-order chi connectivity index (χ1) is 8.97. The molecule has 0 bridgehead atoms. The molecule has 0 saturated carbocycles. The minimum Gasteiger partial charge on any atom is -0.444 e. The van der Waals surface area contributed by atoms with Gasteiger partial charge in [0.05, 0.1) is 11.4 Å². The van der Waals surface area contributed by atoms with Crippen molar-refractivity contribution in [2.75, 3.05) is 19.0 Å². The molecular weight excluding hydrogens is 258 g/mol. The first-order valence-corrected chi connectivity index (χ1v) is 8.17. The fourth-order valence-electron chi connectivity index (χ4n) is 2.09. The molecule has 0 aromatic carbocycles. The van der Waals surface area contributed by atoms with E-state index in [9.17, 15) is 0 Å². The number of aromatic nitrogens is 1. The fourth-order valence-corrected chi connectivity index (χ4v) is 3.23. The molecule has 1 fully saturated rings. The van der Waals surface area contributed by atoms with Crippen LogP contribution in [0.4, 0.5) is 0 Å². The van der Waals surface area contributed by atoms with Crippen LogP contribution in [0, 0.1) is 5.92 Å². The highest BCUT2D eigenvalue weighted by Gasteiger charge is 2.22. The number of ether oxygens (including phenoxy) is 1. The van der Waals surface area contributed by atoms with E-state index in [1.54, 1.807) is 0 Å². The maximum atomic E-state index is 5.89. The van der Waals surface area contributed by atoms with E-state index in [0.29, 0.717) is 5.25 Å². The molecular formula is C15H25NO2S. The van der Waals surface area contributed by atoms with Crippen LogP contribution in [0.25, 0.3) is 0 Å². The van der Waals surface area contributed by atoms with Crippen LogP contribution in [0.3, 0.4) is 0 Å². The van der Waals surface area contributed by atoms with Gasteiger partial charge in [0.1, 0.15) is 5.76 Å². The Morgan fingerprint density at radius 2 is 2.05 bits per heavy atom. The number of rotatable bonds is 4. The summed E-state index contributed by atoms with van der Waals surface area (Å²) < 4.78 is 11.3. The Labute approximate surface area is 120 Å². The van der Waals surface area contributed by atoms with E-state index in [1.807, 2.05) is 18.0 Å². The van der Waals surface area contributed by atoms with Gasteiger partial charge in [-0.05, 0) is 31.4 Å². The van der Waals surface area contributed by atoms with Crippen LogP contribution < -0.4 is 0 Å². The second-order valence-electron chi connectivity index (χ2n) is 6.34. The Kier molecular flexibility index (Phi) is 4.96. The van der Waals surface area contributed by atoms with Crippen LogP contribution in [0.15, 0.2) is 10.6 Å². The number of hydrogen-bond donors (Lipinski definition) is 0. The quantitative estimate of drug-likeness (QED) is 0.830. The first-order valence-electron chi connectivity index (χ1n) is 7.12. The maximum absolute atomic E-state index is 5.89. The van der Waals surface area contributed by atoms with Gasteiger partial charge in [0.15, 0.2) is 0 Å². The molecule has 0 N–H and O–H groups in total. The predicted octanol–water partition coefficient (Wildman–Crippen LogP) is 4.19. The third-order valence-corrected chi connectivity index (χ3v) is 4.90. The van der Waals surface area contributed by atoms with Gasteiger partial charge in [0.25, 0.3) is 0 Å². The molecule has 1 aliphatic heterocycles. The second-order valence-corrected chi connectivity index (χ2v) is 7.72. The Bertz CT molecular complexity index is 391. The molecule has 1 atom stereocenters. The molecule has 0 amide bonds. The van der Waals surface area contributed by atoms with E-state index >= 15 is 0 Å². The van der Waals surface area contributed by atoms with Gasteiger partial charge in [0.2, 0.25) is 5.89 Å². The van der Waals surface area contributed by atoms with Crippen LogP contribution in [0.2, 0.25) is 0 Å². The number of oxazole rings is 1. The van der Waals surface area contributed by atoms with Crippen molar-refractivity contribution in [1.29, 1.82) is 0 Å². The largest absolute Gasteiger partial charge is 0.444 e. The lowest BCUT2D eigenvalue weighted by Crippen LogP contribution is -2.17. The summed E-state index contributed by atoms with van der Waals surface area (Å²) in [7, 11) is 0. The normalized spacial score (nSPS) is 19.6. The monoisotopic (exact) mass is 283 g/mol. The van der Waals surface area contributed by atoms with Crippen molar-refractivity contribution in [2.45, 2.75) is 51.2 Å². The average Bonchev–Trinajstić information content (AvgIpc) is 2.87. The lowest BCUT2D eigenvalue weighted by molar-refractivity contribution is 0.0727. The van der Waals surface area contributed by atoms with Crippen LogP contribution >= 0.6 is 11.8 Å². The van der Waals surface area contributed by atoms with Gasteiger partial charge in [0, 0.05) is 18.6 Å². The van der Waals surface area contributed by atoms with Crippen molar-refractivity contribution in [3.63, 3.8) is 0 Å². The molecule has 108 valence electrons. The summed E-state index contributed by atoms with van der Waals surface area (Å²) in [4.78, 5) is 4.43. The van der Waals surface area contributed by atoms with E-state index in [4.69, 9.17) is 9.15 Å². The first kappa shape index (κ1) is 14.9. The maximum Gasteiger partial charge on any atom is 0.207 e. The van der Waals surface area contributed by atoms with Crippen molar-refractivity contribution >= 4 is 11.8 Å². The third kappa shape index (κ3) is 4.25. The van der Waals surface area contributed by atoms with Crippen LogP contribution in [-0.2, 0) is 10.2 Å². The van der Waals surface area contributed by atoms with Gasteiger partial charge in [-0.15, -0.1) is 11.8 Å². The predicted molar refractivity (Wildman–Crippen MR) is 79.6 cm³/mol. The van der Waals surface area contributed by atoms with Gasteiger partial charge >= 0.3 is 0 Å². The molecule has 1 aliphatic rings. The summed E-state index contributed by atoms with van der Waals surface area (Å²) in [5.74, 6) is 3.80. The van der Waals surface area contributed by atoms with Crippen molar-refractivity contribution in [2.24, 2.45) is 5.92 Å². The Morgan fingerprint density at radius 1 is 1.37 bits per heavy atom. The van der Waals surface area contributed by atoms with E-state index in [0.717, 1.165) is 30.8 Å². The fraction of sp³-hybridized carbons (Fsp3) is 0.800. The lowest BCUT2D eigenvalue weighted by atomic mass is 9.94. The van der Waals surface area contributed by atoms with Crippen LogP contribution in [0.5, 0.6) is 0 Å². The van der Waals surface area contributed by atoms with Crippen LogP contribution in [-0.4, -0.2) is 24.0 Å². The molecule has 0 aliphatic carbocycles. The molecule has 1 unspecified atom stereocenters. The summed E-state index contributed by atoms with van der Waals surface area (Å²) in [6.07, 6.45) is 4.26. The molecule has 2 heterocycles. The zero-order valence-electron chi connectivity index (χ0n) is 12.4. The Balaban J connectivity index is 1.85. The van der Waals surface area contributed by atoms with Crippen molar-refractivity contribution in [3.05, 3.63) is 17.8 Å². The van der Waals surface area contributed by atoms with Gasteiger partial charge < -0.3 is 9.15 Å². The van der Waals surface area contributed by atoms with E-state index in [2.05, 4.69) is 32.7 Å². The van der Waals surface area contributed by atoms with Gasteiger partial charge in [-0.25, -0.2) is 4.98 Å². The van der Waals surface area contributed by atoms with Gasteiger partial charge in [-0.1, -0.05) is 20.8 Å². The third-order valence-electron chi connectivity index (χ3n) is 3.53. The summed E-state index contributed by atoms with van der Waals surface area (Å²) in [5.41, 5.74) is 0.0380. The van der Waals surface area contributed by atoms with E-state index < -0.39 is 0 Å². The summed E-state index contributed by atoms with van der Waals surface area (Å²) >= 11 is 1.95. The lowest BCUT2D eigenvalue weighted by Gasteiger charge is -2.22. The van der Waals surface area contributed by atoms with Crippen LogP contribution in [0.1, 0.15) is 57.4 Å². The second kappa shape index (κ2) is 6.31. The summed E-state index contributed by atoms with van der Waals surface area (Å²) in [6.45, 7) is 10.5. The van der Waals surface area contributed by atoms with Crippen molar-refractivity contribution < 1.29 is 9.15 Å². The molecule has 2 rings (SSSR count). The molecule has 1 saturated heterocycles.